The van der Waals surface area contributed by atoms with E-state index in [0.717, 1.165) is 29.4 Å². The van der Waals surface area contributed by atoms with Crippen molar-refractivity contribution in [2.75, 3.05) is 13.7 Å². The minimum Gasteiger partial charge on any atom is -0.497 e. The van der Waals surface area contributed by atoms with Crippen molar-refractivity contribution in [2.24, 2.45) is 0 Å². The smallest absolute Gasteiger partial charge is 0.251 e. The van der Waals surface area contributed by atoms with Gasteiger partial charge in [0.2, 0.25) is 0 Å². The number of rotatable bonds is 8. The highest BCUT2D eigenvalue weighted by atomic mass is 16.5. The van der Waals surface area contributed by atoms with Gasteiger partial charge in [0.15, 0.2) is 0 Å². The van der Waals surface area contributed by atoms with Gasteiger partial charge in [0.05, 0.1) is 13.2 Å². The molecule has 1 atom stereocenters. The highest BCUT2D eigenvalue weighted by Crippen LogP contribution is 2.17. The molecule has 3 rings (SSSR count). The van der Waals surface area contributed by atoms with Gasteiger partial charge in [-0.1, -0.05) is 12.1 Å². The quantitative estimate of drug-likeness (QED) is 0.651. The predicted octanol–water partition coefficient (Wildman–Crippen LogP) is 3.45. The molecule has 0 aliphatic heterocycles. The van der Waals surface area contributed by atoms with Gasteiger partial charge in [-0.25, -0.2) is 4.98 Å². The lowest BCUT2D eigenvalue weighted by Gasteiger charge is -2.15. The number of aryl methyl sites for hydroxylation is 1. The third-order valence-corrected chi connectivity index (χ3v) is 4.43. The zero-order valence-electron chi connectivity index (χ0n) is 16.4. The molecule has 6 heteroatoms. The number of nitrogens with one attached hydrogen (secondary N) is 1. The average molecular weight is 379 g/mol. The minimum absolute atomic E-state index is 0.115. The summed E-state index contributed by atoms with van der Waals surface area (Å²) in [6.07, 6.45) is 3.73. The molecule has 0 fully saturated rings. The summed E-state index contributed by atoms with van der Waals surface area (Å²) in [5.74, 6) is 2.37. The summed E-state index contributed by atoms with van der Waals surface area (Å²) in [7, 11) is 1.62. The first-order chi connectivity index (χ1) is 13.5. The van der Waals surface area contributed by atoms with Crippen LogP contribution in [0.15, 0.2) is 60.9 Å². The number of imidazole rings is 1. The van der Waals surface area contributed by atoms with Gasteiger partial charge in [-0.3, -0.25) is 4.79 Å². The van der Waals surface area contributed by atoms with Crippen molar-refractivity contribution in [2.45, 2.75) is 26.4 Å². The van der Waals surface area contributed by atoms with Gasteiger partial charge in [-0.2, -0.15) is 0 Å². The summed E-state index contributed by atoms with van der Waals surface area (Å²) < 4.78 is 12.9. The second-order valence-corrected chi connectivity index (χ2v) is 6.66. The molecule has 0 radical (unpaired) electrons. The van der Waals surface area contributed by atoms with Gasteiger partial charge in [0.25, 0.3) is 5.91 Å². The van der Waals surface area contributed by atoms with E-state index in [1.165, 1.54) is 0 Å². The van der Waals surface area contributed by atoms with Crippen LogP contribution in [0.25, 0.3) is 0 Å². The molecule has 1 amide bonds. The van der Waals surface area contributed by atoms with Gasteiger partial charge in [-0.05, 0) is 55.8 Å². The van der Waals surface area contributed by atoms with Crippen LogP contribution in [0, 0.1) is 6.92 Å². The summed E-state index contributed by atoms with van der Waals surface area (Å²) in [5, 5.41) is 2.96. The number of nitrogens with zero attached hydrogens (tertiary/aromatic N) is 2. The molecule has 0 saturated carbocycles. The first-order valence-corrected chi connectivity index (χ1v) is 9.19. The van der Waals surface area contributed by atoms with E-state index in [0.29, 0.717) is 12.2 Å². The van der Waals surface area contributed by atoms with Gasteiger partial charge in [0, 0.05) is 24.5 Å². The Balaban J connectivity index is 1.49. The van der Waals surface area contributed by atoms with Gasteiger partial charge < -0.3 is 19.4 Å². The van der Waals surface area contributed by atoms with E-state index in [9.17, 15) is 4.79 Å². The number of ether oxygens (including phenoxy) is 2. The minimum atomic E-state index is -0.122. The zero-order valence-corrected chi connectivity index (χ0v) is 16.4. The molecular weight excluding hydrogens is 354 g/mol. The third-order valence-electron chi connectivity index (χ3n) is 4.43. The van der Waals surface area contributed by atoms with Crippen molar-refractivity contribution in [1.82, 2.24) is 14.9 Å². The van der Waals surface area contributed by atoms with Gasteiger partial charge >= 0.3 is 0 Å². The van der Waals surface area contributed by atoms with Crippen molar-refractivity contribution in [3.8, 4) is 11.5 Å². The lowest BCUT2D eigenvalue weighted by molar-refractivity contribution is 0.0926. The Bertz CT molecular complexity index is 902. The fourth-order valence-corrected chi connectivity index (χ4v) is 2.77. The van der Waals surface area contributed by atoms with Crippen LogP contribution < -0.4 is 14.8 Å². The van der Waals surface area contributed by atoms with Crippen molar-refractivity contribution in [1.29, 1.82) is 0 Å². The number of amides is 1. The van der Waals surface area contributed by atoms with Crippen molar-refractivity contribution in [3.63, 3.8) is 0 Å². The molecule has 3 aromatic rings. The molecule has 146 valence electrons. The van der Waals surface area contributed by atoms with Crippen LogP contribution in [-0.2, 0) is 6.54 Å². The maximum atomic E-state index is 12.4. The fraction of sp³-hybridized carbons (Fsp3) is 0.273. The number of methoxy groups -OCH3 is 1. The number of hydrogen-bond donors (Lipinski definition) is 1. The van der Waals surface area contributed by atoms with Crippen LogP contribution in [0.5, 0.6) is 11.5 Å². The van der Waals surface area contributed by atoms with Crippen molar-refractivity contribution < 1.29 is 14.3 Å². The second-order valence-electron chi connectivity index (χ2n) is 6.66. The SMILES string of the molecule is COc1ccc(OCC(C)NC(=O)c2ccc(Cn3ccnc3C)cc2)cc1. The van der Waals surface area contributed by atoms with Gasteiger partial charge in [0.1, 0.15) is 23.9 Å². The molecule has 2 aromatic carbocycles. The maximum Gasteiger partial charge on any atom is 0.251 e. The Morgan fingerprint density at radius 2 is 1.79 bits per heavy atom. The van der Waals surface area contributed by atoms with Crippen LogP contribution in [0.1, 0.15) is 28.7 Å². The molecule has 0 spiro atoms. The van der Waals surface area contributed by atoms with Crippen LogP contribution in [0.3, 0.4) is 0 Å². The molecule has 6 nitrogen and oxygen atoms in total. The van der Waals surface area contributed by atoms with Crippen molar-refractivity contribution in [3.05, 3.63) is 77.9 Å². The zero-order chi connectivity index (χ0) is 19.9. The van der Waals surface area contributed by atoms with E-state index >= 15 is 0 Å². The van der Waals surface area contributed by atoms with E-state index < -0.39 is 0 Å². The molecule has 0 bridgehead atoms. The number of carbonyl (C=O) groups is 1. The Labute approximate surface area is 165 Å². The van der Waals surface area contributed by atoms with Crippen LogP contribution in [0.4, 0.5) is 0 Å². The lowest BCUT2D eigenvalue weighted by atomic mass is 10.1. The van der Waals surface area contributed by atoms with Gasteiger partial charge in [-0.15, -0.1) is 0 Å². The number of hydrogen-bond acceptors (Lipinski definition) is 4. The number of carbonyl (C=O) groups excluding carboxylic acids is 1. The molecule has 0 saturated heterocycles. The molecule has 0 aliphatic carbocycles. The normalized spacial score (nSPS) is 11.7. The standard InChI is InChI=1S/C22H25N3O3/c1-16(15-28-21-10-8-20(27-3)9-11-21)24-22(26)19-6-4-18(5-7-19)14-25-13-12-23-17(25)2/h4-13,16H,14-15H2,1-3H3,(H,24,26). The van der Waals surface area contributed by atoms with E-state index in [2.05, 4.69) is 14.9 Å². The fourth-order valence-electron chi connectivity index (χ4n) is 2.77. The maximum absolute atomic E-state index is 12.4. The monoisotopic (exact) mass is 379 g/mol. The number of aromatic nitrogens is 2. The predicted molar refractivity (Wildman–Crippen MR) is 108 cm³/mol. The first kappa shape index (κ1) is 19.5. The van der Waals surface area contributed by atoms with Crippen LogP contribution in [-0.4, -0.2) is 35.2 Å². The Kier molecular flexibility index (Phi) is 6.32. The summed E-state index contributed by atoms with van der Waals surface area (Å²) >= 11 is 0. The molecular formula is C22H25N3O3. The first-order valence-electron chi connectivity index (χ1n) is 9.19. The Morgan fingerprint density at radius 3 is 2.39 bits per heavy atom. The largest absolute Gasteiger partial charge is 0.497 e. The molecule has 28 heavy (non-hydrogen) atoms. The molecule has 1 unspecified atom stereocenters. The highest BCUT2D eigenvalue weighted by molar-refractivity contribution is 5.94. The van der Waals surface area contributed by atoms with Crippen molar-refractivity contribution >= 4 is 5.91 Å². The third kappa shape index (κ3) is 5.13. The summed E-state index contributed by atoms with van der Waals surface area (Å²) in [6, 6.07) is 14.9. The summed E-state index contributed by atoms with van der Waals surface area (Å²) in [4.78, 5) is 16.7. The van der Waals surface area contributed by atoms with E-state index in [1.54, 1.807) is 13.3 Å². The van der Waals surface area contributed by atoms with E-state index in [-0.39, 0.29) is 11.9 Å². The molecule has 0 aliphatic rings. The summed E-state index contributed by atoms with van der Waals surface area (Å²) in [5.41, 5.74) is 1.75. The summed E-state index contributed by atoms with van der Waals surface area (Å²) in [6.45, 7) is 5.00. The molecule has 1 heterocycles. The van der Waals surface area contributed by atoms with Crippen LogP contribution >= 0.6 is 0 Å². The lowest BCUT2D eigenvalue weighted by Crippen LogP contribution is -2.36. The highest BCUT2D eigenvalue weighted by Gasteiger charge is 2.11. The average Bonchev–Trinajstić information content (AvgIpc) is 3.11. The Hall–Kier alpha value is -3.28. The van der Waals surface area contributed by atoms with E-state index in [1.807, 2.05) is 68.6 Å². The number of benzene rings is 2. The Morgan fingerprint density at radius 1 is 1.11 bits per heavy atom. The topological polar surface area (TPSA) is 65.4 Å². The van der Waals surface area contributed by atoms with E-state index in [4.69, 9.17) is 9.47 Å². The molecule has 1 aromatic heterocycles. The molecule has 1 N–H and O–H groups in total. The van der Waals surface area contributed by atoms with Crippen LogP contribution in [0.2, 0.25) is 0 Å². The second kappa shape index (κ2) is 9.08.